The van der Waals surface area contributed by atoms with Crippen LogP contribution in [0.3, 0.4) is 0 Å². The van der Waals surface area contributed by atoms with Crippen molar-refractivity contribution in [3.63, 3.8) is 0 Å². The van der Waals surface area contributed by atoms with Gasteiger partial charge in [0.2, 0.25) is 17.7 Å². The number of amides is 3. The number of hydrogen-bond donors (Lipinski definition) is 1. The number of hydrogen-bond acceptors (Lipinski definition) is 15. The molecule has 388 valence electrons. The van der Waals surface area contributed by atoms with Gasteiger partial charge in [-0.3, -0.25) is 38.7 Å². The van der Waals surface area contributed by atoms with Crippen molar-refractivity contribution >= 4 is 96.0 Å². The fourth-order valence-electron chi connectivity index (χ4n) is 7.68. The lowest BCUT2D eigenvalue weighted by atomic mass is 10.0. The zero-order valence-electron chi connectivity index (χ0n) is 39.5. The molecule has 74 heavy (non-hydrogen) atoms. The van der Waals surface area contributed by atoms with Crippen LogP contribution in [-0.2, 0) is 86.6 Å². The monoisotopic (exact) mass is 1210 g/mol. The van der Waals surface area contributed by atoms with Gasteiger partial charge in [0.25, 0.3) is 0 Å². The van der Waals surface area contributed by atoms with Crippen molar-refractivity contribution in [3.05, 3.63) is 179 Å². The van der Waals surface area contributed by atoms with Gasteiger partial charge in [0.1, 0.15) is 43.9 Å². The lowest BCUT2D eigenvalue weighted by Gasteiger charge is -2.33. The second kappa shape index (κ2) is 28.4. The lowest BCUT2D eigenvalue weighted by Crippen LogP contribution is -2.55. The Hall–Kier alpha value is -7.10. The van der Waals surface area contributed by atoms with Gasteiger partial charge in [-0.05, 0) is 23.1 Å². The van der Waals surface area contributed by atoms with Gasteiger partial charge < -0.3 is 33.5 Å². The summed E-state index contributed by atoms with van der Waals surface area (Å²) in [7, 11) is 0. The standard InChI is InChI=1S/C19H18BrNO5.2C15H13NO5.C4H6Br2/c20-9-5-4-8-14(11-22)18-17(21-15(23)10-16(21)26-18)19(24)25-12-13-6-2-1-3-7-13;2*17-7-6-11-14(16-12(18)8-13(16)21-11)15(19)20-9-10-4-2-1-3-5-10;5-3-1-2-4-6/h1-7,11,16-17H,8-10,12H2;1-7,13,17H,8-9H2;1-7,13-14H,8-9H2;1-2H,3-4H2/t16-,17?;13-;13-,14?;/m111./s1. The number of alkyl halides is 3. The van der Waals surface area contributed by atoms with Gasteiger partial charge in [-0.2, -0.15) is 0 Å². The van der Waals surface area contributed by atoms with Gasteiger partial charge in [0, 0.05) is 33.7 Å². The number of halogens is 3. The van der Waals surface area contributed by atoms with Crippen LogP contribution in [0.4, 0.5) is 0 Å². The molecule has 21 heteroatoms. The Balaban J connectivity index is 0.000000172. The molecule has 6 aliphatic heterocycles. The summed E-state index contributed by atoms with van der Waals surface area (Å²) in [6, 6.07) is 25.7. The highest BCUT2D eigenvalue weighted by atomic mass is 79.9. The fraction of sp³-hybridized carbons (Fsp3) is 0.283. The zero-order valence-corrected chi connectivity index (χ0v) is 44.2. The van der Waals surface area contributed by atoms with Crippen LogP contribution in [0.2, 0.25) is 0 Å². The highest BCUT2D eigenvalue weighted by Crippen LogP contribution is 2.40. The Morgan fingerprint density at radius 2 is 1.08 bits per heavy atom. The normalized spacial score (nSPS) is 21.9. The number of aliphatic hydroxyl groups is 1. The molecule has 2 unspecified atom stereocenters. The van der Waals surface area contributed by atoms with E-state index in [0.29, 0.717) is 29.9 Å². The van der Waals surface area contributed by atoms with Crippen LogP contribution >= 0.6 is 47.8 Å². The molecular weight excluding hydrogens is 1160 g/mol. The summed E-state index contributed by atoms with van der Waals surface area (Å²) in [6.07, 6.45) is 11.6. The lowest BCUT2D eigenvalue weighted by molar-refractivity contribution is -0.166. The van der Waals surface area contributed by atoms with Crippen LogP contribution in [0.25, 0.3) is 0 Å². The van der Waals surface area contributed by atoms with Crippen LogP contribution < -0.4 is 0 Å². The van der Waals surface area contributed by atoms with Crippen molar-refractivity contribution in [2.24, 2.45) is 0 Å². The molecule has 6 heterocycles. The minimum absolute atomic E-state index is 0.0393. The third-order valence-electron chi connectivity index (χ3n) is 11.3. The molecule has 5 saturated heterocycles. The van der Waals surface area contributed by atoms with E-state index in [0.717, 1.165) is 39.7 Å². The number of rotatable bonds is 17. The average Bonchev–Trinajstić information content (AvgIpc) is 4.01. The number of β-lactam (4-membered cyclic amide) rings is 3. The molecule has 5 atom stereocenters. The number of benzene rings is 3. The van der Waals surface area contributed by atoms with E-state index in [9.17, 15) is 38.4 Å². The number of esters is 3. The van der Waals surface area contributed by atoms with Crippen molar-refractivity contribution in [2.45, 2.75) is 76.3 Å². The Bertz CT molecular complexity index is 2690. The summed E-state index contributed by atoms with van der Waals surface area (Å²) in [4.78, 5) is 98.1. The molecule has 6 aliphatic rings. The van der Waals surface area contributed by atoms with Gasteiger partial charge in [-0.15, -0.1) is 0 Å². The van der Waals surface area contributed by atoms with Crippen LogP contribution in [-0.4, -0.2) is 115 Å². The van der Waals surface area contributed by atoms with E-state index < -0.39 is 48.7 Å². The quantitative estimate of drug-likeness (QED) is 0.0207. The first kappa shape index (κ1) is 56.2. The van der Waals surface area contributed by atoms with E-state index in [-0.39, 0.29) is 79.8 Å². The predicted molar refractivity (Wildman–Crippen MR) is 276 cm³/mol. The van der Waals surface area contributed by atoms with Crippen LogP contribution in [0.5, 0.6) is 0 Å². The molecule has 3 aromatic rings. The van der Waals surface area contributed by atoms with Crippen LogP contribution in [0, 0.1) is 0 Å². The second-order valence-electron chi connectivity index (χ2n) is 16.1. The maximum Gasteiger partial charge on any atom is 0.359 e. The molecule has 0 aromatic heterocycles. The molecule has 9 rings (SSSR count). The molecule has 3 amide bonds. The van der Waals surface area contributed by atoms with Crippen molar-refractivity contribution < 1.29 is 71.9 Å². The minimum Gasteiger partial charge on any atom is -0.515 e. The van der Waals surface area contributed by atoms with Crippen molar-refractivity contribution in [3.8, 4) is 0 Å². The summed E-state index contributed by atoms with van der Waals surface area (Å²) in [5, 5.41) is 11.4. The number of fused-ring (bicyclic) bond motifs is 3. The first-order chi connectivity index (χ1) is 36.0. The average molecular weight is 1210 g/mol. The third kappa shape index (κ3) is 14.3. The molecule has 0 spiro atoms. The van der Waals surface area contributed by atoms with Gasteiger partial charge in [0.05, 0.1) is 25.5 Å². The Kier molecular flexibility index (Phi) is 21.6. The van der Waals surface area contributed by atoms with E-state index in [1.165, 1.54) is 20.8 Å². The Morgan fingerprint density at radius 3 is 1.55 bits per heavy atom. The summed E-state index contributed by atoms with van der Waals surface area (Å²) in [6.45, 7) is 0.305. The van der Waals surface area contributed by atoms with E-state index in [4.69, 9.17) is 33.5 Å². The highest BCUT2D eigenvalue weighted by molar-refractivity contribution is 9.09. The molecule has 0 radical (unpaired) electrons. The van der Waals surface area contributed by atoms with Crippen molar-refractivity contribution in [1.29, 1.82) is 0 Å². The van der Waals surface area contributed by atoms with E-state index >= 15 is 0 Å². The summed E-state index contributed by atoms with van der Waals surface area (Å²) >= 11 is 9.76. The zero-order chi connectivity index (χ0) is 53.0. The summed E-state index contributed by atoms with van der Waals surface area (Å²) < 4.78 is 32.3. The van der Waals surface area contributed by atoms with Crippen LogP contribution in [0.1, 0.15) is 42.4 Å². The first-order valence-electron chi connectivity index (χ1n) is 22.9. The van der Waals surface area contributed by atoms with Gasteiger partial charge in [-0.25, -0.2) is 14.4 Å². The Labute approximate surface area is 451 Å². The minimum atomic E-state index is -0.998. The summed E-state index contributed by atoms with van der Waals surface area (Å²) in [5.41, 5.74) is 2.91. The largest absolute Gasteiger partial charge is 0.515 e. The van der Waals surface area contributed by atoms with E-state index in [2.05, 4.69) is 59.9 Å². The number of allylic oxidation sites excluding steroid dienone is 7. The number of aldehydes is 2. The van der Waals surface area contributed by atoms with E-state index in [1.807, 2.05) is 97.1 Å². The fourth-order valence-corrected chi connectivity index (χ4v) is 8.48. The van der Waals surface area contributed by atoms with Gasteiger partial charge >= 0.3 is 17.9 Å². The number of aliphatic hydroxyl groups excluding tert-OH is 1. The molecule has 1 N–H and O–H groups in total. The maximum atomic E-state index is 12.6. The molecular formula is C53H50Br3N3O15. The number of carbonyl (C=O) groups is 8. The SMILES string of the molecule is BrCC=CCBr.O=C(OCc1ccccc1)C1=C(C=CO)O[C@@H]2CC(=O)N12.O=CC(CC=CCBr)=C1O[C@@H]2CC(=O)N2C1C(=O)OCc1ccccc1.O=CC=C1O[C@@H]2CC(=O)N2C1C(=O)OCc1ccccc1. The molecule has 0 aliphatic carbocycles. The molecule has 0 saturated carbocycles. The third-order valence-corrected chi connectivity index (χ3v) is 12.4. The molecule has 18 nitrogen and oxygen atoms in total. The van der Waals surface area contributed by atoms with E-state index in [1.54, 1.807) is 6.08 Å². The Morgan fingerprint density at radius 1 is 0.608 bits per heavy atom. The number of ether oxygens (including phenoxy) is 6. The van der Waals surface area contributed by atoms with Gasteiger partial charge in [0.15, 0.2) is 42.2 Å². The smallest absolute Gasteiger partial charge is 0.359 e. The summed E-state index contributed by atoms with van der Waals surface area (Å²) in [5.74, 6) is -1.89. The van der Waals surface area contributed by atoms with Crippen molar-refractivity contribution in [1.82, 2.24) is 14.7 Å². The number of carbonyl (C=O) groups excluding carboxylic acids is 8. The maximum absolute atomic E-state index is 12.6. The van der Waals surface area contributed by atoms with Gasteiger partial charge in [-0.1, -0.05) is 163 Å². The second-order valence-corrected chi connectivity index (χ2v) is 18.0. The molecule has 0 bridgehead atoms. The van der Waals surface area contributed by atoms with Crippen LogP contribution in [0.15, 0.2) is 162 Å². The number of nitrogens with zero attached hydrogens (tertiary/aromatic N) is 3. The first-order valence-corrected chi connectivity index (χ1v) is 26.3. The highest BCUT2D eigenvalue weighted by Gasteiger charge is 2.56. The molecule has 5 fully saturated rings. The van der Waals surface area contributed by atoms with Crippen molar-refractivity contribution in [2.75, 3.05) is 16.0 Å². The molecule has 3 aromatic carbocycles. The predicted octanol–water partition coefficient (Wildman–Crippen LogP) is 7.19. The topological polar surface area (TPSA) is 222 Å².